The molecule has 0 saturated heterocycles. The lowest BCUT2D eigenvalue weighted by Crippen LogP contribution is -2.06. The van der Waals surface area contributed by atoms with Crippen LogP contribution in [0.5, 0.6) is 0 Å². The number of benzene rings is 1. The molecule has 2 N–H and O–H groups in total. The molecule has 0 amide bonds. The molecule has 1 aromatic carbocycles. The van der Waals surface area contributed by atoms with Crippen LogP contribution in [0.1, 0.15) is 11.1 Å². The summed E-state index contributed by atoms with van der Waals surface area (Å²) in [4.78, 5) is 0. The fraction of sp³-hybridized carbons (Fsp3) is 0.167. The van der Waals surface area contributed by atoms with Crippen molar-refractivity contribution in [3.05, 3.63) is 41.2 Å². The van der Waals surface area contributed by atoms with Crippen molar-refractivity contribution >= 4 is 17.6 Å². The quantitative estimate of drug-likeness (QED) is 0.861. The lowest BCUT2D eigenvalue weighted by molar-refractivity contribution is 0.624. The minimum atomic E-state index is -0.283. The summed E-state index contributed by atoms with van der Waals surface area (Å²) in [6.07, 6.45) is 1.84. The fourth-order valence-corrected chi connectivity index (χ4v) is 2.12. The minimum absolute atomic E-state index is 0.283. The van der Waals surface area contributed by atoms with Gasteiger partial charge in [-0.05, 0) is 24.0 Å². The van der Waals surface area contributed by atoms with E-state index in [0.29, 0.717) is 23.0 Å². The number of rotatable bonds is 3. The first-order chi connectivity index (χ1) is 8.65. The maximum Gasteiger partial charge on any atom is 0.141 e. The van der Waals surface area contributed by atoms with Crippen molar-refractivity contribution in [2.45, 2.75) is 11.6 Å². The fourth-order valence-electron chi connectivity index (χ4n) is 1.58. The molecule has 0 spiro atoms. The van der Waals surface area contributed by atoms with Gasteiger partial charge in [0.25, 0.3) is 0 Å². The summed E-state index contributed by atoms with van der Waals surface area (Å²) in [6, 6.07) is 8.15. The van der Waals surface area contributed by atoms with E-state index in [1.165, 1.54) is 23.9 Å². The van der Waals surface area contributed by atoms with Crippen molar-refractivity contribution < 1.29 is 4.39 Å². The zero-order valence-electron chi connectivity index (χ0n) is 9.72. The van der Waals surface area contributed by atoms with Gasteiger partial charge in [0.15, 0.2) is 0 Å². The lowest BCUT2D eigenvalue weighted by Gasteiger charge is -2.03. The van der Waals surface area contributed by atoms with Crippen molar-refractivity contribution in [2.24, 2.45) is 0 Å². The summed E-state index contributed by atoms with van der Waals surface area (Å²) in [7, 11) is 0. The van der Waals surface area contributed by atoms with Crippen molar-refractivity contribution in [2.75, 3.05) is 12.0 Å². The van der Waals surface area contributed by atoms with Gasteiger partial charge in [0.1, 0.15) is 28.3 Å². The minimum Gasteiger partial charge on any atom is -0.383 e. The van der Waals surface area contributed by atoms with Gasteiger partial charge >= 0.3 is 0 Å². The first-order valence-corrected chi connectivity index (χ1v) is 6.43. The van der Waals surface area contributed by atoms with Crippen LogP contribution in [0.15, 0.2) is 29.3 Å². The van der Waals surface area contributed by atoms with Gasteiger partial charge in [-0.15, -0.1) is 11.8 Å². The van der Waals surface area contributed by atoms with E-state index >= 15 is 0 Å². The van der Waals surface area contributed by atoms with Gasteiger partial charge < -0.3 is 5.73 Å². The van der Waals surface area contributed by atoms with Crippen LogP contribution in [-0.4, -0.2) is 16.0 Å². The van der Waals surface area contributed by atoms with E-state index in [0.717, 1.165) is 5.56 Å². The molecule has 6 heteroatoms. The Morgan fingerprint density at radius 2 is 2.11 bits per heavy atom. The van der Waals surface area contributed by atoms with Gasteiger partial charge in [-0.3, -0.25) is 0 Å². The Morgan fingerprint density at radius 3 is 2.61 bits per heavy atom. The van der Waals surface area contributed by atoms with Crippen LogP contribution in [0.2, 0.25) is 0 Å². The molecule has 0 radical (unpaired) electrons. The number of thioether (sulfide) groups is 1. The van der Waals surface area contributed by atoms with Crippen molar-refractivity contribution in [1.29, 1.82) is 5.26 Å². The third-order valence-electron chi connectivity index (χ3n) is 2.51. The molecule has 18 heavy (non-hydrogen) atoms. The van der Waals surface area contributed by atoms with E-state index in [1.807, 2.05) is 12.3 Å². The second-order valence-electron chi connectivity index (χ2n) is 3.67. The van der Waals surface area contributed by atoms with E-state index in [2.05, 4.69) is 5.10 Å². The molecule has 0 unspecified atom stereocenters. The molecule has 0 aliphatic carbocycles. The molecule has 0 saturated carbocycles. The second-order valence-corrected chi connectivity index (χ2v) is 4.46. The number of nitrogens with two attached hydrogens (primary N) is 1. The molecular formula is C12H11FN4S. The molecule has 0 bridgehead atoms. The van der Waals surface area contributed by atoms with E-state index in [1.54, 1.807) is 16.8 Å². The van der Waals surface area contributed by atoms with Gasteiger partial charge in [0.05, 0.1) is 6.54 Å². The number of hydrogen-bond acceptors (Lipinski definition) is 4. The number of nitrogen functional groups attached to an aromatic ring is 1. The first-order valence-electron chi connectivity index (χ1n) is 5.20. The summed E-state index contributed by atoms with van der Waals surface area (Å²) >= 11 is 1.37. The molecule has 0 fully saturated rings. The Kier molecular flexibility index (Phi) is 3.53. The van der Waals surface area contributed by atoms with E-state index < -0.39 is 0 Å². The summed E-state index contributed by atoms with van der Waals surface area (Å²) in [5.41, 5.74) is 7.13. The highest BCUT2D eigenvalue weighted by Crippen LogP contribution is 2.24. The normalized spacial score (nSPS) is 10.3. The van der Waals surface area contributed by atoms with Gasteiger partial charge in [-0.25, -0.2) is 9.07 Å². The summed E-state index contributed by atoms with van der Waals surface area (Å²) < 4.78 is 14.3. The Labute approximate surface area is 108 Å². The molecular weight excluding hydrogens is 251 g/mol. The van der Waals surface area contributed by atoms with E-state index in [-0.39, 0.29) is 5.82 Å². The molecule has 0 atom stereocenters. The highest BCUT2D eigenvalue weighted by molar-refractivity contribution is 7.98. The molecule has 1 heterocycles. The predicted molar refractivity (Wildman–Crippen MR) is 68.6 cm³/mol. The van der Waals surface area contributed by atoms with Crippen molar-refractivity contribution in [1.82, 2.24) is 9.78 Å². The Balaban J connectivity index is 2.32. The highest BCUT2D eigenvalue weighted by atomic mass is 32.2. The molecule has 4 nitrogen and oxygen atoms in total. The Bertz CT molecular complexity index is 598. The third kappa shape index (κ3) is 2.31. The largest absolute Gasteiger partial charge is 0.383 e. The zero-order valence-corrected chi connectivity index (χ0v) is 10.5. The van der Waals surface area contributed by atoms with Gasteiger partial charge in [-0.2, -0.15) is 10.4 Å². The van der Waals surface area contributed by atoms with Crippen LogP contribution in [0.3, 0.4) is 0 Å². The maximum atomic E-state index is 12.8. The van der Waals surface area contributed by atoms with Crippen LogP contribution in [-0.2, 0) is 6.54 Å². The second kappa shape index (κ2) is 5.10. The predicted octanol–water partition coefficient (Wildman–Crippen LogP) is 2.25. The summed E-state index contributed by atoms with van der Waals surface area (Å²) in [5.74, 6) is 0.0564. The SMILES string of the molecule is CSc1nn(Cc2ccc(F)cc2)c(N)c1C#N. The van der Waals surface area contributed by atoms with Gasteiger partial charge in [0, 0.05) is 0 Å². The van der Waals surface area contributed by atoms with Crippen LogP contribution in [0, 0.1) is 17.1 Å². The average Bonchev–Trinajstić information content (AvgIpc) is 2.68. The number of aromatic nitrogens is 2. The average molecular weight is 262 g/mol. The molecule has 0 aliphatic rings. The van der Waals surface area contributed by atoms with E-state index in [4.69, 9.17) is 11.0 Å². The number of anilines is 1. The summed E-state index contributed by atoms with van der Waals surface area (Å²) in [5, 5.41) is 13.9. The Hall–Kier alpha value is -2.00. The zero-order chi connectivity index (χ0) is 13.1. The van der Waals surface area contributed by atoms with Gasteiger partial charge in [-0.1, -0.05) is 12.1 Å². The van der Waals surface area contributed by atoms with Crippen LogP contribution >= 0.6 is 11.8 Å². The molecule has 2 aromatic rings. The first kappa shape index (κ1) is 12.5. The monoisotopic (exact) mass is 262 g/mol. The van der Waals surface area contributed by atoms with Crippen LogP contribution in [0.25, 0.3) is 0 Å². The number of hydrogen-bond donors (Lipinski definition) is 1. The van der Waals surface area contributed by atoms with Crippen LogP contribution < -0.4 is 5.73 Å². The highest BCUT2D eigenvalue weighted by Gasteiger charge is 2.14. The molecule has 92 valence electrons. The smallest absolute Gasteiger partial charge is 0.141 e. The third-order valence-corrected chi connectivity index (χ3v) is 3.18. The Morgan fingerprint density at radius 1 is 1.44 bits per heavy atom. The van der Waals surface area contributed by atoms with Crippen LogP contribution in [0.4, 0.5) is 10.2 Å². The lowest BCUT2D eigenvalue weighted by atomic mass is 10.2. The molecule has 0 aliphatic heterocycles. The van der Waals surface area contributed by atoms with Crippen molar-refractivity contribution in [3.8, 4) is 6.07 Å². The standard InChI is InChI=1S/C12H11FN4S/c1-18-12-10(6-14)11(15)17(16-12)7-8-2-4-9(13)5-3-8/h2-5H,7,15H2,1H3. The number of nitriles is 1. The number of halogens is 1. The van der Waals surface area contributed by atoms with Crippen molar-refractivity contribution in [3.63, 3.8) is 0 Å². The topological polar surface area (TPSA) is 67.6 Å². The molecule has 1 aromatic heterocycles. The molecule has 2 rings (SSSR count). The van der Waals surface area contributed by atoms with Gasteiger partial charge in [0.2, 0.25) is 0 Å². The maximum absolute atomic E-state index is 12.8. The summed E-state index contributed by atoms with van der Waals surface area (Å²) in [6.45, 7) is 0.418. The number of nitrogens with zero attached hydrogens (tertiary/aromatic N) is 3. The van der Waals surface area contributed by atoms with E-state index in [9.17, 15) is 4.39 Å².